The summed E-state index contributed by atoms with van der Waals surface area (Å²) >= 11 is 21.3. The van der Waals surface area contributed by atoms with Crippen molar-refractivity contribution in [1.82, 2.24) is 0 Å². The highest BCUT2D eigenvalue weighted by atomic mass is 79.9. The standard InChI is InChI=1S/C14H11BrCl3NO/c15-10-5-6-11(14(18)13(10)17)19-7-12(20)8-1-3-9(16)4-2-8/h1-6,12,19-20H,7H2. The number of nitrogens with one attached hydrogen (secondary N) is 1. The zero-order valence-electron chi connectivity index (χ0n) is 10.2. The van der Waals surface area contributed by atoms with Crippen LogP contribution in [0.15, 0.2) is 40.9 Å². The summed E-state index contributed by atoms with van der Waals surface area (Å²) in [4.78, 5) is 0. The van der Waals surface area contributed by atoms with E-state index in [0.717, 1.165) is 10.0 Å². The SMILES string of the molecule is OC(CNc1ccc(Br)c(Cl)c1Cl)c1ccc(Cl)cc1. The molecule has 0 saturated carbocycles. The Morgan fingerprint density at radius 3 is 2.30 bits per heavy atom. The molecule has 2 aromatic rings. The summed E-state index contributed by atoms with van der Waals surface area (Å²) in [6.45, 7) is 0.319. The van der Waals surface area contributed by atoms with Crippen LogP contribution >= 0.6 is 50.7 Å². The Morgan fingerprint density at radius 2 is 1.65 bits per heavy atom. The number of hydrogen-bond acceptors (Lipinski definition) is 2. The molecule has 2 nitrogen and oxygen atoms in total. The van der Waals surface area contributed by atoms with Crippen molar-refractivity contribution in [2.24, 2.45) is 0 Å². The Balaban J connectivity index is 2.05. The van der Waals surface area contributed by atoms with Gasteiger partial charge in [-0.3, -0.25) is 0 Å². The number of halogens is 4. The van der Waals surface area contributed by atoms with Gasteiger partial charge in [0.05, 0.1) is 21.8 Å². The number of aliphatic hydroxyl groups excluding tert-OH is 1. The first-order valence-corrected chi connectivity index (χ1v) is 7.72. The van der Waals surface area contributed by atoms with Gasteiger partial charge < -0.3 is 10.4 Å². The molecule has 0 spiro atoms. The first kappa shape index (κ1) is 15.9. The van der Waals surface area contributed by atoms with Gasteiger partial charge >= 0.3 is 0 Å². The predicted octanol–water partition coefficient (Wildman–Crippen LogP) is 5.55. The Bertz CT molecular complexity index is 604. The Hall–Kier alpha value is -0.450. The molecule has 0 aliphatic heterocycles. The Morgan fingerprint density at radius 1 is 1.00 bits per heavy atom. The summed E-state index contributed by atoms with van der Waals surface area (Å²) < 4.78 is 0.730. The largest absolute Gasteiger partial charge is 0.387 e. The van der Waals surface area contributed by atoms with Crippen molar-refractivity contribution in [1.29, 1.82) is 0 Å². The van der Waals surface area contributed by atoms with Gasteiger partial charge in [0, 0.05) is 16.0 Å². The molecule has 1 unspecified atom stereocenters. The van der Waals surface area contributed by atoms with Gasteiger partial charge in [-0.25, -0.2) is 0 Å². The van der Waals surface area contributed by atoms with Crippen LogP contribution < -0.4 is 5.32 Å². The van der Waals surface area contributed by atoms with Crippen LogP contribution in [0.5, 0.6) is 0 Å². The number of anilines is 1. The van der Waals surface area contributed by atoms with Gasteiger partial charge in [-0.05, 0) is 45.8 Å². The first-order valence-electron chi connectivity index (χ1n) is 5.80. The van der Waals surface area contributed by atoms with E-state index in [1.165, 1.54) is 0 Å². The zero-order valence-corrected chi connectivity index (χ0v) is 14.1. The third kappa shape index (κ3) is 3.80. The third-order valence-electron chi connectivity index (χ3n) is 2.78. The van der Waals surface area contributed by atoms with Gasteiger partial charge in [0.1, 0.15) is 0 Å². The van der Waals surface area contributed by atoms with E-state index in [2.05, 4.69) is 21.2 Å². The van der Waals surface area contributed by atoms with Crippen molar-refractivity contribution >= 4 is 56.4 Å². The van der Waals surface area contributed by atoms with Crippen LogP contribution in [0, 0.1) is 0 Å². The summed E-state index contributed by atoms with van der Waals surface area (Å²) in [5.41, 5.74) is 1.45. The fourth-order valence-electron chi connectivity index (χ4n) is 1.67. The molecule has 0 heterocycles. The minimum atomic E-state index is -0.661. The molecule has 20 heavy (non-hydrogen) atoms. The van der Waals surface area contributed by atoms with Crippen LogP contribution in [-0.4, -0.2) is 11.7 Å². The summed E-state index contributed by atoms with van der Waals surface area (Å²) in [6.07, 6.45) is -0.661. The molecule has 106 valence electrons. The predicted molar refractivity (Wildman–Crippen MR) is 89.1 cm³/mol. The molecule has 0 aromatic heterocycles. The molecule has 6 heteroatoms. The molecular weight excluding hydrogens is 384 g/mol. The number of aliphatic hydroxyl groups is 1. The zero-order chi connectivity index (χ0) is 14.7. The second-order valence-corrected chi connectivity index (χ2v) is 6.22. The van der Waals surface area contributed by atoms with Crippen molar-refractivity contribution in [2.75, 3.05) is 11.9 Å². The molecule has 2 aromatic carbocycles. The third-order valence-corrected chi connectivity index (χ3v) is 4.80. The lowest BCUT2D eigenvalue weighted by Crippen LogP contribution is -2.12. The van der Waals surface area contributed by atoms with Gasteiger partial charge in [-0.1, -0.05) is 46.9 Å². The van der Waals surface area contributed by atoms with Crippen LogP contribution in [0.25, 0.3) is 0 Å². The summed E-state index contributed by atoms with van der Waals surface area (Å²) in [5.74, 6) is 0. The lowest BCUT2D eigenvalue weighted by Gasteiger charge is -2.15. The second kappa shape index (κ2) is 7.01. The van der Waals surface area contributed by atoms with E-state index in [9.17, 15) is 5.11 Å². The van der Waals surface area contributed by atoms with Crippen molar-refractivity contribution < 1.29 is 5.11 Å². The normalized spacial score (nSPS) is 12.2. The van der Waals surface area contributed by atoms with E-state index in [1.807, 2.05) is 0 Å². The maximum absolute atomic E-state index is 10.1. The van der Waals surface area contributed by atoms with Gasteiger partial charge in [0.2, 0.25) is 0 Å². The van der Waals surface area contributed by atoms with Crippen LogP contribution in [0.1, 0.15) is 11.7 Å². The van der Waals surface area contributed by atoms with E-state index in [4.69, 9.17) is 34.8 Å². The van der Waals surface area contributed by atoms with Gasteiger partial charge in [-0.15, -0.1) is 0 Å². The lowest BCUT2D eigenvalue weighted by molar-refractivity contribution is 0.191. The molecule has 0 amide bonds. The highest BCUT2D eigenvalue weighted by Crippen LogP contribution is 2.36. The average molecular weight is 396 g/mol. The van der Waals surface area contributed by atoms with Crippen molar-refractivity contribution in [2.45, 2.75) is 6.10 Å². The van der Waals surface area contributed by atoms with Crippen LogP contribution in [0.3, 0.4) is 0 Å². The Kier molecular flexibility index (Phi) is 5.58. The van der Waals surface area contributed by atoms with E-state index in [1.54, 1.807) is 36.4 Å². The van der Waals surface area contributed by atoms with Gasteiger partial charge in [0.25, 0.3) is 0 Å². The highest BCUT2D eigenvalue weighted by molar-refractivity contribution is 9.10. The van der Waals surface area contributed by atoms with Gasteiger partial charge in [0.15, 0.2) is 0 Å². The monoisotopic (exact) mass is 393 g/mol. The van der Waals surface area contributed by atoms with Crippen LogP contribution in [0.2, 0.25) is 15.1 Å². The number of benzene rings is 2. The summed E-state index contributed by atoms with van der Waals surface area (Å²) in [7, 11) is 0. The minimum absolute atomic E-state index is 0.319. The van der Waals surface area contributed by atoms with Crippen LogP contribution in [0.4, 0.5) is 5.69 Å². The van der Waals surface area contributed by atoms with Crippen LogP contribution in [-0.2, 0) is 0 Å². The number of rotatable bonds is 4. The Labute approximate surface area is 140 Å². The molecule has 2 N–H and O–H groups in total. The molecule has 0 bridgehead atoms. The topological polar surface area (TPSA) is 32.3 Å². The summed E-state index contributed by atoms with van der Waals surface area (Å²) in [6, 6.07) is 10.6. The quantitative estimate of drug-likeness (QED) is 0.665. The van der Waals surface area contributed by atoms with E-state index >= 15 is 0 Å². The van der Waals surface area contributed by atoms with Gasteiger partial charge in [-0.2, -0.15) is 0 Å². The smallest absolute Gasteiger partial charge is 0.0962 e. The second-order valence-electron chi connectivity index (χ2n) is 4.17. The minimum Gasteiger partial charge on any atom is -0.387 e. The maximum Gasteiger partial charge on any atom is 0.0962 e. The maximum atomic E-state index is 10.1. The van der Waals surface area contributed by atoms with Crippen molar-refractivity contribution in [3.05, 3.63) is 61.5 Å². The van der Waals surface area contributed by atoms with E-state index in [0.29, 0.717) is 27.3 Å². The molecule has 0 radical (unpaired) electrons. The fraction of sp³-hybridized carbons (Fsp3) is 0.143. The van der Waals surface area contributed by atoms with Crippen molar-refractivity contribution in [3.8, 4) is 0 Å². The van der Waals surface area contributed by atoms with E-state index < -0.39 is 6.10 Å². The molecule has 0 aliphatic rings. The fourth-order valence-corrected chi connectivity index (χ4v) is 2.64. The highest BCUT2D eigenvalue weighted by Gasteiger charge is 2.11. The number of hydrogen-bond donors (Lipinski definition) is 2. The molecule has 1 atom stereocenters. The molecule has 2 rings (SSSR count). The van der Waals surface area contributed by atoms with Crippen molar-refractivity contribution in [3.63, 3.8) is 0 Å². The molecule has 0 fully saturated rings. The lowest BCUT2D eigenvalue weighted by atomic mass is 10.1. The molecular formula is C14H11BrCl3NO. The molecule has 0 saturated heterocycles. The van der Waals surface area contributed by atoms with E-state index in [-0.39, 0.29) is 0 Å². The first-order chi connectivity index (χ1) is 9.49. The summed E-state index contributed by atoms with van der Waals surface area (Å²) in [5, 5.41) is 14.7. The molecule has 0 aliphatic carbocycles. The average Bonchev–Trinajstić information content (AvgIpc) is 2.44.